The SMILES string of the molecule is CCCCCCCCN1C=C(C)c2ccccc2-c2ccccc21. The summed E-state index contributed by atoms with van der Waals surface area (Å²) in [5.74, 6) is 0. The van der Waals surface area contributed by atoms with Crippen LogP contribution >= 0.6 is 0 Å². The van der Waals surface area contributed by atoms with Crippen LogP contribution in [0.2, 0.25) is 0 Å². The second-order valence-corrected chi connectivity index (χ2v) is 6.84. The highest BCUT2D eigenvalue weighted by Crippen LogP contribution is 2.39. The van der Waals surface area contributed by atoms with Crippen LogP contribution in [0.3, 0.4) is 0 Å². The Bertz CT molecular complexity index is 699. The lowest BCUT2D eigenvalue weighted by molar-refractivity contribution is 0.609. The van der Waals surface area contributed by atoms with Gasteiger partial charge in [0.1, 0.15) is 0 Å². The van der Waals surface area contributed by atoms with Gasteiger partial charge < -0.3 is 4.90 Å². The molecule has 0 bridgehead atoms. The summed E-state index contributed by atoms with van der Waals surface area (Å²) in [4.78, 5) is 2.46. The molecule has 0 aromatic heterocycles. The van der Waals surface area contributed by atoms with Gasteiger partial charge in [-0.05, 0) is 36.1 Å². The number of fused-ring (bicyclic) bond motifs is 3. The van der Waals surface area contributed by atoms with Crippen molar-refractivity contribution in [3.63, 3.8) is 0 Å². The van der Waals surface area contributed by atoms with Crippen molar-refractivity contribution in [3.05, 3.63) is 60.3 Å². The average molecular weight is 319 g/mol. The summed E-state index contributed by atoms with van der Waals surface area (Å²) < 4.78 is 0. The lowest BCUT2D eigenvalue weighted by Crippen LogP contribution is -2.17. The van der Waals surface area contributed by atoms with Crippen LogP contribution in [0.1, 0.15) is 57.9 Å². The topological polar surface area (TPSA) is 3.24 Å². The van der Waals surface area contributed by atoms with Gasteiger partial charge in [-0.3, -0.25) is 0 Å². The summed E-state index contributed by atoms with van der Waals surface area (Å²) in [7, 11) is 0. The van der Waals surface area contributed by atoms with Crippen LogP contribution in [-0.4, -0.2) is 6.54 Å². The Morgan fingerprint density at radius 3 is 2.12 bits per heavy atom. The quantitative estimate of drug-likeness (QED) is 0.502. The molecular formula is C23H29N. The maximum Gasteiger partial charge on any atom is 0.0486 e. The minimum atomic E-state index is 1.11. The molecule has 1 heteroatoms. The van der Waals surface area contributed by atoms with Crippen LogP contribution in [-0.2, 0) is 0 Å². The van der Waals surface area contributed by atoms with Crippen molar-refractivity contribution in [3.8, 4) is 11.1 Å². The summed E-state index contributed by atoms with van der Waals surface area (Å²) in [6, 6.07) is 17.6. The first-order valence-electron chi connectivity index (χ1n) is 9.45. The third-order valence-electron chi connectivity index (χ3n) is 4.96. The van der Waals surface area contributed by atoms with Gasteiger partial charge in [-0.15, -0.1) is 0 Å². The Labute approximate surface area is 147 Å². The van der Waals surface area contributed by atoms with E-state index in [4.69, 9.17) is 0 Å². The molecule has 1 heterocycles. The van der Waals surface area contributed by atoms with E-state index in [2.05, 4.69) is 73.5 Å². The number of unbranched alkanes of at least 4 members (excludes halogenated alkanes) is 5. The van der Waals surface area contributed by atoms with Crippen molar-refractivity contribution < 1.29 is 0 Å². The molecule has 0 radical (unpaired) electrons. The highest BCUT2D eigenvalue weighted by molar-refractivity contribution is 5.91. The smallest absolute Gasteiger partial charge is 0.0486 e. The van der Waals surface area contributed by atoms with E-state index < -0.39 is 0 Å². The lowest BCUT2D eigenvalue weighted by Gasteiger charge is -2.22. The van der Waals surface area contributed by atoms with Gasteiger partial charge in [0.15, 0.2) is 0 Å². The number of hydrogen-bond donors (Lipinski definition) is 0. The van der Waals surface area contributed by atoms with Gasteiger partial charge in [-0.25, -0.2) is 0 Å². The summed E-state index contributed by atoms with van der Waals surface area (Å²) in [5.41, 5.74) is 6.76. The van der Waals surface area contributed by atoms with E-state index in [9.17, 15) is 0 Å². The molecule has 2 aromatic carbocycles. The number of anilines is 1. The van der Waals surface area contributed by atoms with Crippen LogP contribution < -0.4 is 4.90 Å². The van der Waals surface area contributed by atoms with Crippen molar-refractivity contribution in [1.82, 2.24) is 0 Å². The molecule has 126 valence electrons. The maximum atomic E-state index is 2.46. The number of rotatable bonds is 7. The van der Waals surface area contributed by atoms with Gasteiger partial charge in [0.25, 0.3) is 0 Å². The van der Waals surface area contributed by atoms with E-state index in [1.165, 1.54) is 66.5 Å². The van der Waals surface area contributed by atoms with E-state index in [0.717, 1.165) is 6.54 Å². The van der Waals surface area contributed by atoms with Crippen molar-refractivity contribution in [2.75, 3.05) is 11.4 Å². The summed E-state index contributed by atoms with van der Waals surface area (Å²) in [5, 5.41) is 0. The molecule has 0 saturated heterocycles. The fraction of sp³-hybridized carbons (Fsp3) is 0.391. The molecule has 1 nitrogen and oxygen atoms in total. The van der Waals surface area contributed by atoms with Crippen molar-refractivity contribution in [2.45, 2.75) is 52.4 Å². The maximum absolute atomic E-state index is 2.46. The molecular weight excluding hydrogens is 290 g/mol. The molecule has 0 amide bonds. The first-order valence-corrected chi connectivity index (χ1v) is 9.45. The summed E-state index contributed by atoms with van der Waals surface area (Å²) in [6.45, 7) is 5.62. The van der Waals surface area contributed by atoms with Crippen molar-refractivity contribution >= 4 is 11.3 Å². The molecule has 0 atom stereocenters. The van der Waals surface area contributed by atoms with Gasteiger partial charge in [0.05, 0.1) is 0 Å². The molecule has 0 N–H and O–H groups in total. The fourth-order valence-electron chi connectivity index (χ4n) is 3.63. The van der Waals surface area contributed by atoms with Gasteiger partial charge in [0, 0.05) is 24.0 Å². The highest BCUT2D eigenvalue weighted by atomic mass is 15.1. The average Bonchev–Trinajstić information content (AvgIpc) is 2.74. The van der Waals surface area contributed by atoms with Gasteiger partial charge in [0.2, 0.25) is 0 Å². The molecule has 24 heavy (non-hydrogen) atoms. The molecule has 1 aliphatic rings. The van der Waals surface area contributed by atoms with Gasteiger partial charge in [-0.2, -0.15) is 0 Å². The summed E-state index contributed by atoms with van der Waals surface area (Å²) >= 11 is 0. The Kier molecular flexibility index (Phi) is 5.74. The predicted octanol–water partition coefficient (Wildman–Crippen LogP) is 6.89. The standard InChI is InChI=1S/C23H29N/c1-3-4-5-6-7-12-17-24-18-19(2)20-13-8-9-14-21(20)22-15-10-11-16-23(22)24/h8-11,13-16,18H,3-7,12,17H2,1-2H3. The second kappa shape index (κ2) is 8.19. The first-order chi connectivity index (χ1) is 11.8. The zero-order chi connectivity index (χ0) is 16.8. The zero-order valence-corrected chi connectivity index (χ0v) is 15.1. The normalized spacial score (nSPS) is 13.1. The predicted molar refractivity (Wildman–Crippen MR) is 106 cm³/mol. The van der Waals surface area contributed by atoms with Crippen LogP contribution in [0.4, 0.5) is 5.69 Å². The Morgan fingerprint density at radius 1 is 0.708 bits per heavy atom. The number of nitrogens with zero attached hydrogens (tertiary/aromatic N) is 1. The van der Waals surface area contributed by atoms with Crippen LogP contribution in [0.15, 0.2) is 54.7 Å². The molecule has 1 aliphatic heterocycles. The van der Waals surface area contributed by atoms with Crippen LogP contribution in [0.25, 0.3) is 16.7 Å². The number of allylic oxidation sites excluding steroid dienone is 1. The van der Waals surface area contributed by atoms with Gasteiger partial charge >= 0.3 is 0 Å². The van der Waals surface area contributed by atoms with Gasteiger partial charge in [-0.1, -0.05) is 81.5 Å². The highest BCUT2D eigenvalue weighted by Gasteiger charge is 2.17. The fourth-order valence-corrected chi connectivity index (χ4v) is 3.63. The van der Waals surface area contributed by atoms with E-state index in [0.29, 0.717) is 0 Å². The van der Waals surface area contributed by atoms with E-state index in [1.807, 2.05) is 0 Å². The third kappa shape index (κ3) is 3.72. The van der Waals surface area contributed by atoms with Crippen LogP contribution in [0, 0.1) is 0 Å². The minimum Gasteiger partial charge on any atom is -0.347 e. The van der Waals surface area contributed by atoms with Crippen LogP contribution in [0.5, 0.6) is 0 Å². The number of hydrogen-bond acceptors (Lipinski definition) is 1. The van der Waals surface area contributed by atoms with E-state index >= 15 is 0 Å². The third-order valence-corrected chi connectivity index (χ3v) is 4.96. The molecule has 0 spiro atoms. The first kappa shape index (κ1) is 16.8. The molecule has 0 unspecified atom stereocenters. The minimum absolute atomic E-state index is 1.11. The lowest BCUT2D eigenvalue weighted by atomic mass is 9.96. The number of benzene rings is 2. The summed E-state index contributed by atoms with van der Waals surface area (Å²) in [6.07, 6.45) is 10.4. The Balaban J connectivity index is 1.80. The number of para-hydroxylation sites is 1. The molecule has 0 saturated carbocycles. The molecule has 0 fully saturated rings. The second-order valence-electron chi connectivity index (χ2n) is 6.84. The van der Waals surface area contributed by atoms with E-state index in [-0.39, 0.29) is 0 Å². The largest absolute Gasteiger partial charge is 0.347 e. The Hall–Kier alpha value is -2.02. The van der Waals surface area contributed by atoms with E-state index in [1.54, 1.807) is 0 Å². The van der Waals surface area contributed by atoms with Crippen molar-refractivity contribution in [2.24, 2.45) is 0 Å². The molecule has 3 rings (SSSR count). The Morgan fingerprint density at radius 2 is 1.33 bits per heavy atom. The molecule has 2 aromatic rings. The zero-order valence-electron chi connectivity index (χ0n) is 15.1. The van der Waals surface area contributed by atoms with Crippen molar-refractivity contribution in [1.29, 1.82) is 0 Å². The monoisotopic (exact) mass is 319 g/mol. The molecule has 0 aliphatic carbocycles.